The molecule has 0 aromatic rings. The Labute approximate surface area is 55.9 Å². The van der Waals surface area contributed by atoms with E-state index in [4.69, 9.17) is 5.11 Å². The number of aldehydes is 1. The van der Waals surface area contributed by atoms with Crippen LogP contribution in [0.15, 0.2) is 0 Å². The van der Waals surface area contributed by atoms with Gasteiger partial charge in [0.25, 0.3) is 0 Å². The normalized spacial score (nSPS) is 16.8. The minimum absolute atomic E-state index is 0.157. The second kappa shape index (κ2) is 4.50. The molecule has 0 heterocycles. The SMILES string of the molecule is CC[C@@H](O)[C@@H](C=O)CC. The van der Waals surface area contributed by atoms with Crippen LogP contribution in [-0.4, -0.2) is 17.5 Å². The van der Waals surface area contributed by atoms with E-state index in [1.165, 1.54) is 0 Å². The zero-order chi connectivity index (χ0) is 7.28. The molecule has 0 radical (unpaired) electrons. The molecule has 1 N–H and O–H groups in total. The van der Waals surface area contributed by atoms with Crippen LogP contribution >= 0.6 is 0 Å². The van der Waals surface area contributed by atoms with Gasteiger partial charge in [0.05, 0.1) is 6.10 Å². The molecule has 2 heteroatoms. The molecule has 0 aliphatic rings. The second-order valence-corrected chi connectivity index (χ2v) is 2.18. The van der Waals surface area contributed by atoms with Gasteiger partial charge in [-0.3, -0.25) is 0 Å². The zero-order valence-corrected chi connectivity index (χ0v) is 6.00. The Morgan fingerprint density at radius 2 is 2.00 bits per heavy atom. The van der Waals surface area contributed by atoms with E-state index < -0.39 is 6.10 Å². The average Bonchev–Trinajstić information content (AvgIpc) is 1.90. The predicted molar refractivity (Wildman–Crippen MR) is 36.1 cm³/mol. The smallest absolute Gasteiger partial charge is 0.125 e. The van der Waals surface area contributed by atoms with Crippen molar-refractivity contribution in [1.82, 2.24) is 0 Å². The molecule has 0 saturated carbocycles. The number of aliphatic hydroxyl groups excluding tert-OH is 1. The third-order valence-electron chi connectivity index (χ3n) is 1.56. The van der Waals surface area contributed by atoms with Crippen molar-refractivity contribution in [1.29, 1.82) is 0 Å². The summed E-state index contributed by atoms with van der Waals surface area (Å²) in [6.45, 7) is 3.77. The summed E-state index contributed by atoms with van der Waals surface area (Å²) in [5, 5.41) is 9.09. The Balaban J connectivity index is 3.63. The van der Waals surface area contributed by atoms with E-state index in [-0.39, 0.29) is 5.92 Å². The van der Waals surface area contributed by atoms with Gasteiger partial charge in [0, 0.05) is 5.92 Å². The lowest BCUT2D eigenvalue weighted by atomic mass is 10.00. The van der Waals surface area contributed by atoms with Crippen molar-refractivity contribution in [3.63, 3.8) is 0 Å². The van der Waals surface area contributed by atoms with Crippen LogP contribution in [0.3, 0.4) is 0 Å². The van der Waals surface area contributed by atoms with E-state index in [9.17, 15) is 4.79 Å². The van der Waals surface area contributed by atoms with Crippen LogP contribution in [-0.2, 0) is 4.79 Å². The highest BCUT2D eigenvalue weighted by molar-refractivity contribution is 5.54. The molecule has 0 saturated heterocycles. The first-order chi connectivity index (χ1) is 4.26. The van der Waals surface area contributed by atoms with Crippen molar-refractivity contribution in [2.24, 2.45) is 5.92 Å². The highest BCUT2D eigenvalue weighted by atomic mass is 16.3. The van der Waals surface area contributed by atoms with Crippen LogP contribution in [0.1, 0.15) is 26.7 Å². The lowest BCUT2D eigenvalue weighted by Gasteiger charge is -2.12. The molecular formula is C7H14O2. The van der Waals surface area contributed by atoms with Crippen LogP contribution in [0.2, 0.25) is 0 Å². The summed E-state index contributed by atoms with van der Waals surface area (Å²) in [5.41, 5.74) is 0. The summed E-state index contributed by atoms with van der Waals surface area (Å²) in [5.74, 6) is -0.157. The van der Waals surface area contributed by atoms with Crippen LogP contribution in [0, 0.1) is 5.92 Å². The quantitative estimate of drug-likeness (QED) is 0.576. The second-order valence-electron chi connectivity index (χ2n) is 2.18. The molecule has 0 amide bonds. The van der Waals surface area contributed by atoms with Gasteiger partial charge >= 0.3 is 0 Å². The maximum Gasteiger partial charge on any atom is 0.125 e. The van der Waals surface area contributed by atoms with Crippen molar-refractivity contribution in [2.45, 2.75) is 32.8 Å². The molecule has 0 aliphatic heterocycles. The Hall–Kier alpha value is -0.370. The molecule has 9 heavy (non-hydrogen) atoms. The highest BCUT2D eigenvalue weighted by Gasteiger charge is 2.12. The first-order valence-corrected chi connectivity index (χ1v) is 3.39. The van der Waals surface area contributed by atoms with Crippen molar-refractivity contribution < 1.29 is 9.90 Å². The van der Waals surface area contributed by atoms with E-state index >= 15 is 0 Å². The maximum atomic E-state index is 10.2. The van der Waals surface area contributed by atoms with Crippen LogP contribution < -0.4 is 0 Å². The average molecular weight is 130 g/mol. The van der Waals surface area contributed by atoms with Crippen molar-refractivity contribution >= 4 is 6.29 Å². The first-order valence-electron chi connectivity index (χ1n) is 3.39. The lowest BCUT2D eigenvalue weighted by Crippen LogP contribution is -2.19. The summed E-state index contributed by atoms with van der Waals surface area (Å²) >= 11 is 0. The first kappa shape index (κ1) is 8.63. The Morgan fingerprint density at radius 3 is 2.11 bits per heavy atom. The van der Waals surface area contributed by atoms with Crippen LogP contribution in [0.4, 0.5) is 0 Å². The summed E-state index contributed by atoms with van der Waals surface area (Å²) < 4.78 is 0. The largest absolute Gasteiger partial charge is 0.392 e. The number of hydrogen-bond donors (Lipinski definition) is 1. The molecule has 2 nitrogen and oxygen atoms in total. The molecule has 0 spiro atoms. The Bertz CT molecular complexity index is 81.0. The van der Waals surface area contributed by atoms with Gasteiger partial charge in [-0.2, -0.15) is 0 Å². The Morgan fingerprint density at radius 1 is 1.44 bits per heavy atom. The minimum Gasteiger partial charge on any atom is -0.392 e. The predicted octanol–water partition coefficient (Wildman–Crippen LogP) is 0.982. The molecule has 2 atom stereocenters. The topological polar surface area (TPSA) is 37.3 Å². The summed E-state index contributed by atoms with van der Waals surface area (Å²) in [4.78, 5) is 10.2. The van der Waals surface area contributed by atoms with Gasteiger partial charge in [0.2, 0.25) is 0 Å². The van der Waals surface area contributed by atoms with E-state index in [1.807, 2.05) is 13.8 Å². The number of hydrogen-bond acceptors (Lipinski definition) is 2. The van der Waals surface area contributed by atoms with Crippen LogP contribution in [0.25, 0.3) is 0 Å². The van der Waals surface area contributed by atoms with Gasteiger partial charge in [-0.05, 0) is 12.8 Å². The zero-order valence-electron chi connectivity index (χ0n) is 6.00. The van der Waals surface area contributed by atoms with Crippen molar-refractivity contribution in [3.05, 3.63) is 0 Å². The summed E-state index contributed by atoms with van der Waals surface area (Å²) in [6, 6.07) is 0. The molecule has 0 fully saturated rings. The number of aliphatic hydroxyl groups is 1. The highest BCUT2D eigenvalue weighted by Crippen LogP contribution is 2.07. The number of rotatable bonds is 4. The van der Waals surface area contributed by atoms with E-state index in [0.717, 1.165) is 12.7 Å². The third-order valence-corrected chi connectivity index (χ3v) is 1.56. The van der Waals surface area contributed by atoms with E-state index in [1.54, 1.807) is 0 Å². The van der Waals surface area contributed by atoms with Gasteiger partial charge in [0.15, 0.2) is 0 Å². The maximum absolute atomic E-state index is 10.2. The molecular weight excluding hydrogens is 116 g/mol. The van der Waals surface area contributed by atoms with E-state index in [0.29, 0.717) is 6.42 Å². The standard InChI is InChI=1S/C7H14O2/c1-3-6(5-8)7(9)4-2/h5-7,9H,3-4H2,1-2H3/t6-,7-/m1/s1. The van der Waals surface area contributed by atoms with Gasteiger partial charge in [-0.15, -0.1) is 0 Å². The van der Waals surface area contributed by atoms with Gasteiger partial charge in [-0.25, -0.2) is 0 Å². The molecule has 0 unspecified atom stereocenters. The van der Waals surface area contributed by atoms with Crippen molar-refractivity contribution in [3.8, 4) is 0 Å². The monoisotopic (exact) mass is 130 g/mol. The molecule has 0 rings (SSSR count). The van der Waals surface area contributed by atoms with E-state index in [2.05, 4.69) is 0 Å². The fourth-order valence-electron chi connectivity index (χ4n) is 0.762. The summed E-state index contributed by atoms with van der Waals surface area (Å²) in [6.07, 6.45) is 1.79. The number of carbonyl (C=O) groups is 1. The number of carbonyl (C=O) groups excluding carboxylic acids is 1. The fourth-order valence-corrected chi connectivity index (χ4v) is 0.762. The van der Waals surface area contributed by atoms with Crippen LogP contribution in [0.5, 0.6) is 0 Å². The lowest BCUT2D eigenvalue weighted by molar-refractivity contribution is -0.114. The molecule has 0 aromatic carbocycles. The van der Waals surface area contributed by atoms with Crippen molar-refractivity contribution in [2.75, 3.05) is 0 Å². The third kappa shape index (κ3) is 2.61. The molecule has 0 aromatic heterocycles. The van der Waals surface area contributed by atoms with Gasteiger partial charge < -0.3 is 9.90 Å². The molecule has 0 aliphatic carbocycles. The van der Waals surface area contributed by atoms with Gasteiger partial charge in [-0.1, -0.05) is 13.8 Å². The fraction of sp³-hybridized carbons (Fsp3) is 0.857. The summed E-state index contributed by atoms with van der Waals surface area (Å²) in [7, 11) is 0. The molecule has 0 bridgehead atoms. The molecule has 54 valence electrons. The Kier molecular flexibility index (Phi) is 4.32. The van der Waals surface area contributed by atoms with Gasteiger partial charge in [0.1, 0.15) is 6.29 Å². The minimum atomic E-state index is -0.438.